The number of hydrogen-bond donors (Lipinski definition) is 1. The zero-order chi connectivity index (χ0) is 16.8. The van der Waals surface area contributed by atoms with E-state index in [0.717, 1.165) is 5.56 Å². The number of hydrogen-bond acceptors (Lipinski definition) is 4. The SMILES string of the molecule is COc1ccc(C(=O)c2ccc(CC(=O)NP)cc2)c(OC)c1. The van der Waals surface area contributed by atoms with Gasteiger partial charge in [-0.1, -0.05) is 24.3 Å². The van der Waals surface area contributed by atoms with Crippen LogP contribution in [-0.4, -0.2) is 25.9 Å². The Morgan fingerprint density at radius 1 is 1.04 bits per heavy atom. The third kappa shape index (κ3) is 4.08. The van der Waals surface area contributed by atoms with Crippen LogP contribution in [0.2, 0.25) is 0 Å². The van der Waals surface area contributed by atoms with E-state index in [0.29, 0.717) is 22.6 Å². The van der Waals surface area contributed by atoms with Gasteiger partial charge in [0.05, 0.1) is 26.2 Å². The minimum atomic E-state index is -0.147. The number of ketones is 1. The Morgan fingerprint density at radius 3 is 2.30 bits per heavy atom. The first-order chi connectivity index (χ1) is 11.1. The Bertz CT molecular complexity index is 713. The van der Waals surface area contributed by atoms with E-state index in [9.17, 15) is 9.59 Å². The fourth-order valence-corrected chi connectivity index (χ4v) is 2.25. The van der Waals surface area contributed by atoms with Crippen LogP contribution in [0.25, 0.3) is 0 Å². The summed E-state index contributed by atoms with van der Waals surface area (Å²) in [4.78, 5) is 24.0. The smallest absolute Gasteiger partial charge is 0.227 e. The molecule has 0 aromatic heterocycles. The van der Waals surface area contributed by atoms with Crippen molar-refractivity contribution in [2.45, 2.75) is 6.42 Å². The van der Waals surface area contributed by atoms with Crippen LogP contribution in [-0.2, 0) is 11.2 Å². The zero-order valence-electron chi connectivity index (χ0n) is 13.0. The van der Waals surface area contributed by atoms with Gasteiger partial charge in [-0.2, -0.15) is 0 Å². The van der Waals surface area contributed by atoms with Crippen molar-refractivity contribution in [3.63, 3.8) is 0 Å². The Labute approximate surface area is 137 Å². The monoisotopic (exact) mass is 331 g/mol. The predicted octanol–water partition coefficient (Wildman–Crippen LogP) is 2.38. The highest BCUT2D eigenvalue weighted by Gasteiger charge is 2.15. The quantitative estimate of drug-likeness (QED) is 0.652. The molecule has 6 heteroatoms. The number of carbonyl (C=O) groups is 2. The lowest BCUT2D eigenvalue weighted by Gasteiger charge is -2.10. The van der Waals surface area contributed by atoms with Crippen molar-refractivity contribution in [3.8, 4) is 11.5 Å². The Kier molecular flexibility index (Phi) is 5.72. The molecule has 0 radical (unpaired) electrons. The van der Waals surface area contributed by atoms with E-state index in [1.54, 1.807) is 49.6 Å². The van der Waals surface area contributed by atoms with Crippen molar-refractivity contribution in [3.05, 3.63) is 59.2 Å². The molecule has 0 saturated carbocycles. The molecule has 0 aliphatic rings. The van der Waals surface area contributed by atoms with Gasteiger partial charge in [0.25, 0.3) is 0 Å². The summed E-state index contributed by atoms with van der Waals surface area (Å²) < 4.78 is 10.4. The Morgan fingerprint density at radius 2 is 1.74 bits per heavy atom. The largest absolute Gasteiger partial charge is 0.497 e. The third-order valence-corrected chi connectivity index (χ3v) is 3.72. The summed E-state index contributed by atoms with van der Waals surface area (Å²) in [7, 11) is 5.24. The second-order valence-corrected chi connectivity index (χ2v) is 5.13. The topological polar surface area (TPSA) is 64.6 Å². The molecule has 2 aromatic rings. The van der Waals surface area contributed by atoms with Crippen molar-refractivity contribution in [1.82, 2.24) is 5.09 Å². The van der Waals surface area contributed by atoms with E-state index in [4.69, 9.17) is 9.47 Å². The average Bonchev–Trinajstić information content (AvgIpc) is 2.61. The van der Waals surface area contributed by atoms with Crippen LogP contribution in [0.15, 0.2) is 42.5 Å². The minimum Gasteiger partial charge on any atom is -0.497 e. The number of amides is 1. The maximum absolute atomic E-state index is 12.6. The summed E-state index contributed by atoms with van der Waals surface area (Å²) in [5.41, 5.74) is 1.83. The summed E-state index contributed by atoms with van der Waals surface area (Å²) >= 11 is 0. The molecule has 2 rings (SSSR count). The molecule has 0 saturated heterocycles. The molecule has 120 valence electrons. The highest BCUT2D eigenvalue weighted by atomic mass is 31.0. The number of nitrogens with one attached hydrogen (secondary N) is 1. The van der Waals surface area contributed by atoms with Crippen LogP contribution >= 0.6 is 9.39 Å². The summed E-state index contributed by atoms with van der Waals surface area (Å²) in [6, 6.07) is 12.0. The van der Waals surface area contributed by atoms with E-state index in [2.05, 4.69) is 14.5 Å². The number of carbonyl (C=O) groups excluding carboxylic acids is 2. The second kappa shape index (κ2) is 7.75. The van der Waals surface area contributed by atoms with E-state index in [1.165, 1.54) is 7.11 Å². The third-order valence-electron chi connectivity index (χ3n) is 3.40. The zero-order valence-corrected chi connectivity index (χ0v) is 14.1. The van der Waals surface area contributed by atoms with Crippen molar-refractivity contribution in [1.29, 1.82) is 0 Å². The van der Waals surface area contributed by atoms with Gasteiger partial charge in [-0.05, 0) is 27.1 Å². The summed E-state index contributed by atoms with van der Waals surface area (Å²) in [5, 5.41) is 2.48. The van der Waals surface area contributed by atoms with Gasteiger partial charge in [0.2, 0.25) is 5.91 Å². The van der Waals surface area contributed by atoms with Crippen molar-refractivity contribution < 1.29 is 19.1 Å². The standard InChI is InChI=1S/C17H18NO4P/c1-21-13-7-8-14(15(10-13)22-2)17(20)12-5-3-11(4-6-12)9-16(19)18-23/h3-8,10H,9,23H2,1-2H3,(H,18,19). The van der Waals surface area contributed by atoms with Gasteiger partial charge >= 0.3 is 0 Å². The molecule has 0 aliphatic heterocycles. The van der Waals surface area contributed by atoms with E-state index >= 15 is 0 Å². The first-order valence-electron chi connectivity index (χ1n) is 6.94. The summed E-state index contributed by atoms with van der Waals surface area (Å²) in [6.45, 7) is 0. The number of benzene rings is 2. The maximum atomic E-state index is 12.6. The fraction of sp³-hybridized carbons (Fsp3) is 0.176. The van der Waals surface area contributed by atoms with E-state index < -0.39 is 0 Å². The van der Waals surface area contributed by atoms with Gasteiger partial charge < -0.3 is 14.6 Å². The molecule has 2 aromatic carbocycles. The predicted molar refractivity (Wildman–Crippen MR) is 91.0 cm³/mol. The fourth-order valence-electron chi connectivity index (χ4n) is 2.15. The molecule has 1 atom stereocenters. The Hall–Kier alpha value is -2.39. The minimum absolute atomic E-state index is 0.106. The molecule has 0 aliphatic carbocycles. The van der Waals surface area contributed by atoms with Crippen LogP contribution < -0.4 is 14.6 Å². The first-order valence-corrected chi connectivity index (χ1v) is 7.52. The number of methoxy groups -OCH3 is 2. The van der Waals surface area contributed by atoms with E-state index in [1.807, 2.05) is 0 Å². The van der Waals surface area contributed by atoms with Gasteiger partial charge in [0.1, 0.15) is 11.5 Å². The van der Waals surface area contributed by atoms with Crippen LogP contribution in [0.4, 0.5) is 0 Å². The highest BCUT2D eigenvalue weighted by molar-refractivity contribution is 7.15. The molecule has 23 heavy (non-hydrogen) atoms. The normalized spacial score (nSPS) is 10.0. The molecule has 5 nitrogen and oxygen atoms in total. The first kappa shape index (κ1) is 17.0. The molecular formula is C17H18NO4P. The molecule has 0 bridgehead atoms. The van der Waals surface area contributed by atoms with Crippen molar-refractivity contribution in [2.75, 3.05) is 14.2 Å². The summed E-state index contributed by atoms with van der Waals surface area (Å²) in [6.07, 6.45) is 0.268. The molecule has 1 amide bonds. The van der Waals surface area contributed by atoms with Gasteiger partial charge in [0, 0.05) is 11.6 Å². The van der Waals surface area contributed by atoms with Crippen molar-refractivity contribution >= 4 is 21.1 Å². The summed E-state index contributed by atoms with van der Waals surface area (Å²) in [5.74, 6) is 0.829. The van der Waals surface area contributed by atoms with Crippen LogP contribution in [0.5, 0.6) is 11.5 Å². The molecule has 0 spiro atoms. The molecule has 0 fully saturated rings. The van der Waals surface area contributed by atoms with Crippen LogP contribution in [0, 0.1) is 0 Å². The maximum Gasteiger partial charge on any atom is 0.227 e. The van der Waals surface area contributed by atoms with Crippen LogP contribution in [0.1, 0.15) is 21.5 Å². The number of rotatable bonds is 6. The second-order valence-electron chi connectivity index (χ2n) is 4.84. The Balaban J connectivity index is 2.25. The molecule has 1 unspecified atom stereocenters. The average molecular weight is 331 g/mol. The number of ether oxygens (including phenoxy) is 2. The van der Waals surface area contributed by atoms with Gasteiger partial charge in [0.15, 0.2) is 5.78 Å². The molecule has 0 heterocycles. The van der Waals surface area contributed by atoms with Crippen molar-refractivity contribution in [2.24, 2.45) is 0 Å². The van der Waals surface area contributed by atoms with Gasteiger partial charge in [-0.3, -0.25) is 9.59 Å². The highest BCUT2D eigenvalue weighted by Crippen LogP contribution is 2.26. The lowest BCUT2D eigenvalue weighted by molar-refractivity contribution is -0.118. The van der Waals surface area contributed by atoms with E-state index in [-0.39, 0.29) is 18.1 Å². The lowest BCUT2D eigenvalue weighted by atomic mass is 10.0. The molecular weight excluding hydrogens is 313 g/mol. The van der Waals surface area contributed by atoms with Gasteiger partial charge in [-0.25, -0.2) is 0 Å². The lowest BCUT2D eigenvalue weighted by Crippen LogP contribution is -2.14. The molecule has 1 N–H and O–H groups in total. The van der Waals surface area contributed by atoms with Gasteiger partial charge in [-0.15, -0.1) is 0 Å². The van der Waals surface area contributed by atoms with Crippen LogP contribution in [0.3, 0.4) is 0 Å².